The average Bonchev–Trinajstić information content (AvgIpc) is 3.11. The minimum atomic E-state index is -0.342. The number of amides is 1. The van der Waals surface area contributed by atoms with Gasteiger partial charge in [0.15, 0.2) is 0 Å². The number of carbonyl (C=O) groups excluding carboxylic acids is 2. The summed E-state index contributed by atoms with van der Waals surface area (Å²) in [5.41, 5.74) is 1.56. The van der Waals surface area contributed by atoms with Gasteiger partial charge in [0, 0.05) is 0 Å². The Balaban J connectivity index is 2.28. The summed E-state index contributed by atoms with van der Waals surface area (Å²) in [6, 6.07) is 0. The molecular weight excluding hydrogens is 318 g/mol. The van der Waals surface area contributed by atoms with Gasteiger partial charge in [-0.3, -0.25) is 4.79 Å². The third-order valence-corrected chi connectivity index (χ3v) is 4.11. The first-order valence-electron chi connectivity index (χ1n) is 5.81. The third kappa shape index (κ3) is 2.92. The molecule has 0 bridgehead atoms. The van der Waals surface area contributed by atoms with Crippen molar-refractivity contribution in [1.29, 1.82) is 0 Å². The summed E-state index contributed by atoms with van der Waals surface area (Å²) >= 11 is 4.48. The van der Waals surface area contributed by atoms with Gasteiger partial charge in [0.05, 0.1) is 17.5 Å². The minimum absolute atomic E-state index is 0.162. The number of ether oxygens (including phenoxy) is 1. The number of nitrogens with one attached hydrogen (secondary N) is 1. The number of hydrogen-bond acceptors (Lipinski definition) is 4. The normalized spacial score (nSPS) is 14.3. The maximum absolute atomic E-state index is 12.0. The Morgan fingerprint density at radius 3 is 2.83 bits per heavy atom. The lowest BCUT2D eigenvalue weighted by molar-refractivity contribution is -0.113. The molecule has 0 unspecified atom stereocenters. The van der Waals surface area contributed by atoms with E-state index in [2.05, 4.69) is 21.2 Å². The molecule has 98 valence electrons. The molecule has 4 nitrogen and oxygen atoms in total. The number of thiophene rings is 1. The quantitative estimate of drug-likeness (QED) is 0.666. The summed E-state index contributed by atoms with van der Waals surface area (Å²) in [5, 5.41) is 5.50. The van der Waals surface area contributed by atoms with Crippen molar-refractivity contribution < 1.29 is 14.3 Å². The number of halogens is 1. The van der Waals surface area contributed by atoms with Crippen molar-refractivity contribution in [3.63, 3.8) is 0 Å². The van der Waals surface area contributed by atoms with Gasteiger partial charge in [0.25, 0.3) is 0 Å². The van der Waals surface area contributed by atoms with Crippen LogP contribution >= 0.6 is 27.3 Å². The summed E-state index contributed by atoms with van der Waals surface area (Å²) in [6.45, 7) is 2.11. The second-order valence-electron chi connectivity index (χ2n) is 4.07. The van der Waals surface area contributed by atoms with E-state index in [9.17, 15) is 9.59 Å². The molecular formula is C12H14BrNO3S. The van der Waals surface area contributed by atoms with Crippen LogP contribution in [0.25, 0.3) is 0 Å². The molecule has 0 aromatic carbocycles. The van der Waals surface area contributed by atoms with Gasteiger partial charge in [-0.15, -0.1) is 11.3 Å². The van der Waals surface area contributed by atoms with E-state index in [-0.39, 0.29) is 17.2 Å². The first-order chi connectivity index (χ1) is 8.67. The fraction of sp³-hybridized carbons (Fsp3) is 0.500. The summed E-state index contributed by atoms with van der Waals surface area (Å²) < 4.78 is 5.07. The van der Waals surface area contributed by atoms with E-state index in [0.29, 0.717) is 23.1 Å². The lowest BCUT2D eigenvalue weighted by Crippen LogP contribution is -2.15. The first kappa shape index (κ1) is 13.5. The monoisotopic (exact) mass is 331 g/mol. The molecule has 2 rings (SSSR count). The molecule has 1 heterocycles. The van der Waals surface area contributed by atoms with E-state index in [0.717, 1.165) is 18.4 Å². The van der Waals surface area contributed by atoms with Crippen molar-refractivity contribution in [3.8, 4) is 0 Å². The Labute approximate surface area is 118 Å². The highest BCUT2D eigenvalue weighted by atomic mass is 79.9. The van der Waals surface area contributed by atoms with Crippen molar-refractivity contribution in [3.05, 3.63) is 16.5 Å². The van der Waals surface area contributed by atoms with Crippen LogP contribution in [-0.4, -0.2) is 23.8 Å². The van der Waals surface area contributed by atoms with E-state index in [1.807, 2.05) is 5.38 Å². The Bertz CT molecular complexity index is 468. The lowest BCUT2D eigenvalue weighted by Gasteiger charge is -2.07. The van der Waals surface area contributed by atoms with Crippen molar-refractivity contribution in [2.45, 2.75) is 25.7 Å². The Kier molecular flexibility index (Phi) is 4.40. The van der Waals surface area contributed by atoms with Gasteiger partial charge < -0.3 is 10.1 Å². The number of carbonyl (C=O) groups is 2. The molecule has 1 saturated carbocycles. The molecule has 18 heavy (non-hydrogen) atoms. The van der Waals surface area contributed by atoms with Crippen LogP contribution in [0.2, 0.25) is 0 Å². The number of hydrogen-bond donors (Lipinski definition) is 1. The van der Waals surface area contributed by atoms with Gasteiger partial charge in [-0.1, -0.05) is 15.9 Å². The fourth-order valence-electron chi connectivity index (χ4n) is 1.73. The standard InChI is InChI=1S/C12H14BrNO3S/c1-2-17-12(16)10-8(7-3-4-7)6-18-11(10)14-9(15)5-13/h6-7H,2-5H2,1H3,(H,14,15). The lowest BCUT2D eigenvalue weighted by atomic mass is 10.1. The molecule has 0 atom stereocenters. The number of anilines is 1. The second kappa shape index (κ2) is 5.84. The zero-order chi connectivity index (χ0) is 13.1. The number of esters is 1. The maximum atomic E-state index is 12.0. The third-order valence-electron chi connectivity index (χ3n) is 2.69. The van der Waals surface area contributed by atoms with E-state index < -0.39 is 0 Å². The molecule has 6 heteroatoms. The molecule has 0 radical (unpaired) electrons. The largest absolute Gasteiger partial charge is 0.462 e. The second-order valence-corrected chi connectivity index (χ2v) is 5.51. The topological polar surface area (TPSA) is 55.4 Å². The van der Waals surface area contributed by atoms with Crippen LogP contribution in [0.5, 0.6) is 0 Å². The molecule has 1 aliphatic carbocycles. The number of rotatable bonds is 5. The van der Waals surface area contributed by atoms with Crippen LogP contribution in [0.3, 0.4) is 0 Å². The van der Waals surface area contributed by atoms with Crippen LogP contribution in [0.15, 0.2) is 5.38 Å². The van der Waals surface area contributed by atoms with Gasteiger partial charge in [-0.05, 0) is 36.6 Å². The Morgan fingerprint density at radius 2 is 2.28 bits per heavy atom. The summed E-state index contributed by atoms with van der Waals surface area (Å²) in [5.74, 6) is -0.0504. The predicted molar refractivity (Wildman–Crippen MR) is 74.7 cm³/mol. The van der Waals surface area contributed by atoms with Crippen LogP contribution in [0.1, 0.15) is 41.6 Å². The Morgan fingerprint density at radius 1 is 1.56 bits per heavy atom. The smallest absolute Gasteiger partial charge is 0.341 e. The van der Waals surface area contributed by atoms with Crippen molar-refractivity contribution in [1.82, 2.24) is 0 Å². The summed E-state index contributed by atoms with van der Waals surface area (Å²) in [6.07, 6.45) is 2.21. The molecule has 1 aliphatic rings. The molecule has 1 N–H and O–H groups in total. The van der Waals surface area contributed by atoms with Crippen molar-refractivity contribution >= 4 is 44.1 Å². The SMILES string of the molecule is CCOC(=O)c1c(C2CC2)csc1NC(=O)CBr. The van der Waals surface area contributed by atoms with Crippen LogP contribution in [0, 0.1) is 0 Å². The van der Waals surface area contributed by atoms with Gasteiger partial charge in [-0.2, -0.15) is 0 Å². The van der Waals surface area contributed by atoms with Crippen LogP contribution in [0.4, 0.5) is 5.00 Å². The molecule has 1 fully saturated rings. The molecule has 1 aromatic rings. The summed E-state index contributed by atoms with van der Waals surface area (Å²) in [7, 11) is 0. The van der Waals surface area contributed by atoms with Crippen molar-refractivity contribution in [2.24, 2.45) is 0 Å². The highest BCUT2D eigenvalue weighted by Crippen LogP contribution is 2.46. The van der Waals surface area contributed by atoms with E-state index in [4.69, 9.17) is 4.74 Å². The van der Waals surface area contributed by atoms with Gasteiger partial charge in [-0.25, -0.2) is 4.79 Å². The van der Waals surface area contributed by atoms with E-state index >= 15 is 0 Å². The van der Waals surface area contributed by atoms with Crippen LogP contribution in [-0.2, 0) is 9.53 Å². The van der Waals surface area contributed by atoms with Gasteiger partial charge in [0.1, 0.15) is 5.00 Å². The van der Waals surface area contributed by atoms with E-state index in [1.54, 1.807) is 6.92 Å². The molecule has 0 spiro atoms. The molecule has 0 saturated heterocycles. The molecule has 1 aromatic heterocycles. The number of alkyl halides is 1. The highest BCUT2D eigenvalue weighted by Gasteiger charge is 2.32. The van der Waals surface area contributed by atoms with Gasteiger partial charge in [0.2, 0.25) is 5.91 Å². The van der Waals surface area contributed by atoms with E-state index in [1.165, 1.54) is 11.3 Å². The van der Waals surface area contributed by atoms with Gasteiger partial charge >= 0.3 is 5.97 Å². The molecule has 1 amide bonds. The fourth-order valence-corrected chi connectivity index (χ4v) is 2.92. The first-order valence-corrected chi connectivity index (χ1v) is 7.81. The minimum Gasteiger partial charge on any atom is -0.462 e. The average molecular weight is 332 g/mol. The highest BCUT2D eigenvalue weighted by molar-refractivity contribution is 9.09. The summed E-state index contributed by atoms with van der Waals surface area (Å²) in [4.78, 5) is 23.4. The Hall–Kier alpha value is -0.880. The molecule has 0 aliphatic heterocycles. The predicted octanol–water partition coefficient (Wildman–Crippen LogP) is 3.14. The van der Waals surface area contributed by atoms with Crippen LogP contribution < -0.4 is 5.32 Å². The zero-order valence-corrected chi connectivity index (χ0v) is 12.4. The maximum Gasteiger partial charge on any atom is 0.341 e. The zero-order valence-electron chi connectivity index (χ0n) is 9.99. The van der Waals surface area contributed by atoms with Crippen molar-refractivity contribution in [2.75, 3.05) is 17.3 Å².